The lowest BCUT2D eigenvalue weighted by atomic mass is 10.1. The predicted octanol–water partition coefficient (Wildman–Crippen LogP) is 2.95. The first-order valence-electron chi connectivity index (χ1n) is 7.22. The molecule has 0 spiro atoms. The third-order valence-corrected chi connectivity index (χ3v) is 4.56. The smallest absolute Gasteiger partial charge is 0.311 e. The fourth-order valence-electron chi connectivity index (χ4n) is 2.52. The van der Waals surface area contributed by atoms with Crippen molar-refractivity contribution in [2.24, 2.45) is 4.99 Å². The van der Waals surface area contributed by atoms with Crippen LogP contribution in [0.25, 0.3) is 0 Å². The monoisotopic (exact) mass is 318 g/mol. The standard InChI is InChI=1S/C16H18N2O3S/c1-3-21-15(19)8-12-10-22-16-17-14(9-18(12)16)11-4-6-13(20-2)7-5-11/h4-7,10,14H,3,8-9H2,1-2H3. The van der Waals surface area contributed by atoms with Gasteiger partial charge in [0.05, 0.1) is 32.7 Å². The number of carbonyl (C=O) groups is 1. The molecule has 2 aliphatic heterocycles. The number of methoxy groups -OCH3 is 1. The maximum atomic E-state index is 11.7. The van der Waals surface area contributed by atoms with Crippen molar-refractivity contribution < 1.29 is 14.3 Å². The Kier molecular flexibility index (Phi) is 4.38. The van der Waals surface area contributed by atoms with Crippen molar-refractivity contribution >= 4 is 22.9 Å². The second-order valence-electron chi connectivity index (χ2n) is 5.02. The minimum atomic E-state index is -0.191. The SMILES string of the molecule is CCOC(=O)CC1=CSC2=NC(c3ccc(OC)cc3)CN12. The zero-order valence-electron chi connectivity index (χ0n) is 12.6. The van der Waals surface area contributed by atoms with E-state index in [0.717, 1.165) is 28.7 Å². The van der Waals surface area contributed by atoms with E-state index in [1.165, 1.54) is 0 Å². The third kappa shape index (κ3) is 2.97. The molecule has 0 N–H and O–H groups in total. The first kappa shape index (κ1) is 15.0. The molecule has 1 aromatic rings. The summed E-state index contributed by atoms with van der Waals surface area (Å²) in [5.74, 6) is 0.649. The van der Waals surface area contributed by atoms with Crippen molar-refractivity contribution in [3.05, 3.63) is 40.9 Å². The molecule has 2 aliphatic rings. The Morgan fingerprint density at radius 3 is 2.86 bits per heavy atom. The van der Waals surface area contributed by atoms with Crippen LogP contribution in [0.2, 0.25) is 0 Å². The normalized spacial score (nSPS) is 19.5. The van der Waals surface area contributed by atoms with E-state index >= 15 is 0 Å². The van der Waals surface area contributed by atoms with Crippen molar-refractivity contribution in [3.8, 4) is 5.75 Å². The topological polar surface area (TPSA) is 51.1 Å². The van der Waals surface area contributed by atoms with E-state index in [4.69, 9.17) is 14.5 Å². The maximum Gasteiger partial charge on any atom is 0.311 e. The van der Waals surface area contributed by atoms with Gasteiger partial charge in [-0.05, 0) is 30.0 Å². The lowest BCUT2D eigenvalue weighted by Crippen LogP contribution is -2.23. The highest BCUT2D eigenvalue weighted by Crippen LogP contribution is 2.38. The van der Waals surface area contributed by atoms with Gasteiger partial charge in [-0.3, -0.25) is 9.79 Å². The number of thioether (sulfide) groups is 1. The number of carbonyl (C=O) groups excluding carboxylic acids is 1. The molecule has 0 radical (unpaired) electrons. The van der Waals surface area contributed by atoms with Crippen LogP contribution in [0, 0.1) is 0 Å². The van der Waals surface area contributed by atoms with Gasteiger partial charge in [-0.2, -0.15) is 0 Å². The van der Waals surface area contributed by atoms with Crippen LogP contribution >= 0.6 is 11.8 Å². The molecular weight excluding hydrogens is 300 g/mol. The molecule has 3 rings (SSSR count). The van der Waals surface area contributed by atoms with Crippen LogP contribution in [0.15, 0.2) is 40.4 Å². The van der Waals surface area contributed by atoms with Gasteiger partial charge in [-0.1, -0.05) is 23.9 Å². The van der Waals surface area contributed by atoms with Crippen molar-refractivity contribution in [3.63, 3.8) is 0 Å². The van der Waals surface area contributed by atoms with Gasteiger partial charge in [-0.15, -0.1) is 0 Å². The van der Waals surface area contributed by atoms with E-state index in [-0.39, 0.29) is 12.0 Å². The van der Waals surface area contributed by atoms with Gasteiger partial charge in [0.15, 0.2) is 5.17 Å². The van der Waals surface area contributed by atoms with Crippen molar-refractivity contribution in [2.75, 3.05) is 20.3 Å². The summed E-state index contributed by atoms with van der Waals surface area (Å²) in [6.07, 6.45) is 0.301. The molecule has 0 aromatic heterocycles. The number of esters is 1. The van der Waals surface area contributed by atoms with E-state index in [1.807, 2.05) is 36.6 Å². The number of benzene rings is 1. The van der Waals surface area contributed by atoms with E-state index < -0.39 is 0 Å². The van der Waals surface area contributed by atoms with Crippen LogP contribution in [-0.4, -0.2) is 36.3 Å². The Morgan fingerprint density at radius 2 is 2.18 bits per heavy atom. The molecule has 0 saturated carbocycles. The molecule has 1 atom stereocenters. The number of ether oxygens (including phenoxy) is 2. The molecule has 5 nitrogen and oxygen atoms in total. The summed E-state index contributed by atoms with van der Waals surface area (Å²) in [6.45, 7) is 2.99. The number of fused-ring (bicyclic) bond motifs is 1. The van der Waals surface area contributed by atoms with Gasteiger partial charge in [0.25, 0.3) is 0 Å². The predicted molar refractivity (Wildman–Crippen MR) is 86.8 cm³/mol. The van der Waals surface area contributed by atoms with Crippen LogP contribution in [0.4, 0.5) is 0 Å². The maximum absolute atomic E-state index is 11.7. The molecule has 2 heterocycles. The number of hydrogen-bond donors (Lipinski definition) is 0. The Morgan fingerprint density at radius 1 is 1.41 bits per heavy atom. The largest absolute Gasteiger partial charge is 0.497 e. The summed E-state index contributed by atoms with van der Waals surface area (Å²) in [5.41, 5.74) is 2.12. The molecule has 0 aliphatic carbocycles. The van der Waals surface area contributed by atoms with E-state index in [2.05, 4.69) is 4.90 Å². The Bertz CT molecular complexity index is 625. The van der Waals surface area contributed by atoms with Crippen molar-refractivity contribution in [1.82, 2.24) is 4.90 Å². The Hall–Kier alpha value is -1.95. The molecular formula is C16H18N2O3S. The Labute approximate surface area is 134 Å². The summed E-state index contributed by atoms with van der Waals surface area (Å²) in [7, 11) is 1.66. The summed E-state index contributed by atoms with van der Waals surface area (Å²) in [5, 5.41) is 2.94. The molecule has 1 aromatic carbocycles. The van der Waals surface area contributed by atoms with Gasteiger partial charge < -0.3 is 14.4 Å². The van der Waals surface area contributed by atoms with Crippen molar-refractivity contribution in [2.45, 2.75) is 19.4 Å². The van der Waals surface area contributed by atoms with E-state index in [9.17, 15) is 4.79 Å². The van der Waals surface area contributed by atoms with Crippen LogP contribution in [0.5, 0.6) is 5.75 Å². The van der Waals surface area contributed by atoms with Crippen molar-refractivity contribution in [1.29, 1.82) is 0 Å². The molecule has 22 heavy (non-hydrogen) atoms. The quantitative estimate of drug-likeness (QED) is 0.781. The van der Waals surface area contributed by atoms with E-state index in [0.29, 0.717) is 13.0 Å². The second kappa shape index (κ2) is 6.44. The molecule has 6 heteroatoms. The highest BCUT2D eigenvalue weighted by molar-refractivity contribution is 8.16. The van der Waals surface area contributed by atoms with Gasteiger partial charge in [0.2, 0.25) is 0 Å². The van der Waals surface area contributed by atoms with Crippen LogP contribution < -0.4 is 4.74 Å². The summed E-state index contributed by atoms with van der Waals surface area (Å²) < 4.78 is 10.2. The molecule has 0 bridgehead atoms. The molecule has 0 amide bonds. The average Bonchev–Trinajstić information content (AvgIpc) is 3.10. The minimum absolute atomic E-state index is 0.0966. The van der Waals surface area contributed by atoms with Gasteiger partial charge >= 0.3 is 5.97 Å². The summed E-state index contributed by atoms with van der Waals surface area (Å²) >= 11 is 1.57. The summed E-state index contributed by atoms with van der Waals surface area (Å²) in [4.78, 5) is 18.5. The van der Waals surface area contributed by atoms with E-state index in [1.54, 1.807) is 18.9 Å². The Balaban J connectivity index is 1.67. The fourth-order valence-corrected chi connectivity index (χ4v) is 3.48. The second-order valence-corrected chi connectivity index (χ2v) is 5.86. The first-order chi connectivity index (χ1) is 10.7. The average molecular weight is 318 g/mol. The minimum Gasteiger partial charge on any atom is -0.497 e. The molecule has 0 saturated heterocycles. The van der Waals surface area contributed by atoms with Gasteiger partial charge in [-0.25, -0.2) is 0 Å². The number of rotatable bonds is 5. The molecule has 1 unspecified atom stereocenters. The fraction of sp³-hybridized carbons (Fsp3) is 0.375. The molecule has 116 valence electrons. The third-order valence-electron chi connectivity index (χ3n) is 3.63. The van der Waals surface area contributed by atoms with Crippen LogP contribution in [0.1, 0.15) is 24.9 Å². The van der Waals surface area contributed by atoms with Crippen LogP contribution in [0.3, 0.4) is 0 Å². The van der Waals surface area contributed by atoms with Gasteiger partial charge in [0.1, 0.15) is 5.75 Å². The number of hydrogen-bond acceptors (Lipinski definition) is 6. The lowest BCUT2D eigenvalue weighted by Gasteiger charge is -2.17. The van der Waals surface area contributed by atoms with Gasteiger partial charge in [0, 0.05) is 5.70 Å². The zero-order valence-corrected chi connectivity index (χ0v) is 13.4. The highest BCUT2D eigenvalue weighted by atomic mass is 32.2. The number of nitrogens with zero attached hydrogens (tertiary/aromatic N) is 2. The number of amidine groups is 1. The highest BCUT2D eigenvalue weighted by Gasteiger charge is 2.33. The lowest BCUT2D eigenvalue weighted by molar-refractivity contribution is -0.142. The number of aliphatic imine (C=N–C) groups is 1. The van der Waals surface area contributed by atoms with Crippen LogP contribution in [-0.2, 0) is 9.53 Å². The molecule has 0 fully saturated rings. The summed E-state index contributed by atoms with van der Waals surface area (Å²) in [6, 6.07) is 8.06. The first-order valence-corrected chi connectivity index (χ1v) is 8.10. The zero-order chi connectivity index (χ0) is 15.5.